The SMILES string of the molecule is COCCN(c1nc(NN)c(F)cc1F)C(C)C1CC1. The summed E-state index contributed by atoms with van der Waals surface area (Å²) in [6.45, 7) is 2.96. The molecule has 1 aromatic heterocycles. The van der Waals surface area contributed by atoms with Gasteiger partial charge in [0.1, 0.15) is 0 Å². The van der Waals surface area contributed by atoms with Gasteiger partial charge in [0.05, 0.1) is 6.61 Å². The highest BCUT2D eigenvalue weighted by molar-refractivity contribution is 5.49. The van der Waals surface area contributed by atoms with Crippen molar-refractivity contribution in [3.63, 3.8) is 0 Å². The second-order valence-electron chi connectivity index (χ2n) is 5.03. The van der Waals surface area contributed by atoms with Gasteiger partial charge >= 0.3 is 0 Å². The molecule has 1 saturated carbocycles. The highest BCUT2D eigenvalue weighted by atomic mass is 19.1. The van der Waals surface area contributed by atoms with E-state index in [0.29, 0.717) is 19.1 Å². The molecule has 2 rings (SSSR count). The Bertz CT molecular complexity index is 468. The summed E-state index contributed by atoms with van der Waals surface area (Å²) in [4.78, 5) is 5.78. The van der Waals surface area contributed by atoms with Crippen molar-refractivity contribution in [1.29, 1.82) is 0 Å². The van der Waals surface area contributed by atoms with Crippen molar-refractivity contribution in [1.82, 2.24) is 4.98 Å². The van der Waals surface area contributed by atoms with Gasteiger partial charge in [0.25, 0.3) is 0 Å². The Morgan fingerprint density at radius 1 is 1.50 bits per heavy atom. The largest absolute Gasteiger partial charge is 0.383 e. The van der Waals surface area contributed by atoms with Gasteiger partial charge in [-0.1, -0.05) is 0 Å². The Morgan fingerprint density at radius 2 is 2.20 bits per heavy atom. The number of methoxy groups -OCH3 is 1. The Labute approximate surface area is 117 Å². The van der Waals surface area contributed by atoms with E-state index in [2.05, 4.69) is 10.4 Å². The number of nitrogens with zero attached hydrogens (tertiary/aromatic N) is 2. The van der Waals surface area contributed by atoms with Gasteiger partial charge in [-0.15, -0.1) is 0 Å². The second-order valence-corrected chi connectivity index (χ2v) is 5.03. The summed E-state index contributed by atoms with van der Waals surface area (Å²) in [6, 6.07) is 0.931. The maximum Gasteiger partial charge on any atom is 0.178 e. The summed E-state index contributed by atoms with van der Waals surface area (Å²) in [5.41, 5.74) is 2.15. The fraction of sp³-hybridized carbons (Fsp3) is 0.615. The van der Waals surface area contributed by atoms with Crippen LogP contribution >= 0.6 is 0 Å². The number of pyridine rings is 1. The van der Waals surface area contributed by atoms with E-state index in [1.54, 1.807) is 7.11 Å². The maximum absolute atomic E-state index is 14.0. The quantitative estimate of drug-likeness (QED) is 0.592. The molecule has 7 heteroatoms. The van der Waals surface area contributed by atoms with Gasteiger partial charge in [0.2, 0.25) is 0 Å². The number of hydrazine groups is 1. The molecule has 1 aromatic rings. The molecule has 1 aliphatic carbocycles. The molecule has 5 nitrogen and oxygen atoms in total. The summed E-state index contributed by atoms with van der Waals surface area (Å²) in [5.74, 6) is 4.17. The van der Waals surface area contributed by atoms with E-state index in [-0.39, 0.29) is 17.7 Å². The first-order valence-corrected chi connectivity index (χ1v) is 6.66. The van der Waals surface area contributed by atoms with Crippen LogP contribution in [0.4, 0.5) is 20.4 Å². The van der Waals surface area contributed by atoms with Crippen LogP contribution in [0.2, 0.25) is 0 Å². The van der Waals surface area contributed by atoms with E-state index in [0.717, 1.165) is 18.9 Å². The second kappa shape index (κ2) is 6.32. The molecule has 0 aliphatic heterocycles. The number of ether oxygens (including phenoxy) is 1. The van der Waals surface area contributed by atoms with Crippen LogP contribution in [0, 0.1) is 17.6 Å². The summed E-state index contributed by atoms with van der Waals surface area (Å²) >= 11 is 0. The van der Waals surface area contributed by atoms with Crippen LogP contribution in [0.5, 0.6) is 0 Å². The maximum atomic E-state index is 14.0. The third kappa shape index (κ3) is 3.16. The van der Waals surface area contributed by atoms with Crippen LogP contribution in [0.25, 0.3) is 0 Å². The zero-order chi connectivity index (χ0) is 14.7. The molecule has 112 valence electrons. The molecule has 0 spiro atoms. The minimum absolute atomic E-state index is 0.107. The van der Waals surface area contributed by atoms with Gasteiger partial charge in [-0.05, 0) is 25.7 Å². The van der Waals surface area contributed by atoms with Crippen LogP contribution in [-0.4, -0.2) is 31.3 Å². The first-order chi connectivity index (χ1) is 9.58. The number of nitrogens with two attached hydrogens (primary N) is 1. The predicted octanol–water partition coefficient (Wildman–Crippen LogP) is 1.90. The Balaban J connectivity index is 2.31. The molecule has 1 unspecified atom stereocenters. The molecule has 20 heavy (non-hydrogen) atoms. The fourth-order valence-electron chi connectivity index (χ4n) is 2.28. The standard InChI is InChI=1S/C13H20F2N4O/c1-8(9-3-4-9)19(5-6-20-2)13-11(15)7-10(14)12(17-13)18-16/h7-9H,3-6,16H2,1-2H3,(H,17,18). The first-order valence-electron chi connectivity index (χ1n) is 6.66. The van der Waals surface area contributed by atoms with Crippen LogP contribution in [0.15, 0.2) is 6.07 Å². The third-order valence-corrected chi connectivity index (χ3v) is 3.65. The lowest BCUT2D eigenvalue weighted by Crippen LogP contribution is -2.38. The minimum Gasteiger partial charge on any atom is -0.383 e. The minimum atomic E-state index is -0.806. The molecule has 1 heterocycles. The van der Waals surface area contributed by atoms with Crippen molar-refractivity contribution in [2.75, 3.05) is 30.6 Å². The monoisotopic (exact) mass is 286 g/mol. The van der Waals surface area contributed by atoms with E-state index in [4.69, 9.17) is 10.6 Å². The van der Waals surface area contributed by atoms with E-state index in [1.807, 2.05) is 11.8 Å². The highest BCUT2D eigenvalue weighted by Crippen LogP contribution is 2.37. The lowest BCUT2D eigenvalue weighted by atomic mass is 10.1. The van der Waals surface area contributed by atoms with Gasteiger partial charge in [0.15, 0.2) is 23.3 Å². The van der Waals surface area contributed by atoms with Crippen molar-refractivity contribution in [2.45, 2.75) is 25.8 Å². The van der Waals surface area contributed by atoms with Crippen molar-refractivity contribution in [3.8, 4) is 0 Å². The van der Waals surface area contributed by atoms with Crippen molar-refractivity contribution in [2.24, 2.45) is 11.8 Å². The number of anilines is 2. The molecular formula is C13H20F2N4O. The molecule has 1 aliphatic rings. The van der Waals surface area contributed by atoms with Crippen molar-refractivity contribution in [3.05, 3.63) is 17.7 Å². The molecule has 0 saturated heterocycles. The lowest BCUT2D eigenvalue weighted by Gasteiger charge is -2.30. The number of halogens is 2. The molecule has 0 amide bonds. The van der Waals surface area contributed by atoms with Crippen LogP contribution in [0.1, 0.15) is 19.8 Å². The summed E-state index contributed by atoms with van der Waals surface area (Å²) < 4.78 is 32.5. The van der Waals surface area contributed by atoms with Crippen LogP contribution in [-0.2, 0) is 4.74 Å². The molecule has 0 aromatic carbocycles. The fourth-order valence-corrected chi connectivity index (χ4v) is 2.28. The average Bonchev–Trinajstić information content (AvgIpc) is 3.25. The Kier molecular flexibility index (Phi) is 4.72. The number of hydrogen-bond donors (Lipinski definition) is 2. The number of nitrogens with one attached hydrogen (secondary N) is 1. The number of hydrogen-bond acceptors (Lipinski definition) is 5. The molecule has 0 bridgehead atoms. The van der Waals surface area contributed by atoms with Crippen molar-refractivity contribution >= 4 is 11.6 Å². The first kappa shape index (κ1) is 14.9. The van der Waals surface area contributed by atoms with E-state index in [9.17, 15) is 8.78 Å². The summed E-state index contributed by atoms with van der Waals surface area (Å²) in [5, 5.41) is 0. The number of nitrogen functional groups attached to an aromatic ring is 1. The third-order valence-electron chi connectivity index (χ3n) is 3.65. The zero-order valence-electron chi connectivity index (χ0n) is 11.7. The van der Waals surface area contributed by atoms with Gasteiger partial charge in [0, 0.05) is 25.8 Å². The predicted molar refractivity (Wildman–Crippen MR) is 73.4 cm³/mol. The average molecular weight is 286 g/mol. The Morgan fingerprint density at radius 3 is 2.75 bits per heavy atom. The number of aromatic nitrogens is 1. The highest BCUT2D eigenvalue weighted by Gasteiger charge is 2.34. The topological polar surface area (TPSA) is 63.4 Å². The molecule has 0 radical (unpaired) electrons. The van der Waals surface area contributed by atoms with Gasteiger partial charge in [-0.25, -0.2) is 19.6 Å². The normalized spacial score (nSPS) is 16.1. The van der Waals surface area contributed by atoms with Crippen LogP contribution < -0.4 is 16.2 Å². The zero-order valence-corrected chi connectivity index (χ0v) is 11.7. The number of rotatable bonds is 7. The summed E-state index contributed by atoms with van der Waals surface area (Å²) in [7, 11) is 1.58. The molecular weight excluding hydrogens is 266 g/mol. The van der Waals surface area contributed by atoms with Crippen LogP contribution in [0.3, 0.4) is 0 Å². The Hall–Kier alpha value is -1.47. The summed E-state index contributed by atoms with van der Waals surface area (Å²) in [6.07, 6.45) is 2.24. The van der Waals surface area contributed by atoms with E-state index >= 15 is 0 Å². The molecule has 3 N–H and O–H groups in total. The molecule has 1 fully saturated rings. The van der Waals surface area contributed by atoms with E-state index in [1.165, 1.54) is 0 Å². The molecule has 1 atom stereocenters. The van der Waals surface area contributed by atoms with Gasteiger partial charge in [-0.3, -0.25) is 0 Å². The van der Waals surface area contributed by atoms with E-state index < -0.39 is 11.6 Å². The van der Waals surface area contributed by atoms with Gasteiger partial charge in [-0.2, -0.15) is 0 Å². The lowest BCUT2D eigenvalue weighted by molar-refractivity contribution is 0.202. The van der Waals surface area contributed by atoms with Gasteiger partial charge < -0.3 is 15.1 Å². The van der Waals surface area contributed by atoms with Crippen molar-refractivity contribution < 1.29 is 13.5 Å². The smallest absolute Gasteiger partial charge is 0.178 e.